The fourth-order valence-corrected chi connectivity index (χ4v) is 1.75. The van der Waals surface area contributed by atoms with Crippen LogP contribution in [-0.2, 0) is 11.3 Å². The quantitative estimate of drug-likeness (QED) is 0.754. The molecular formula is C14H21NO4. The van der Waals surface area contributed by atoms with E-state index in [1.165, 1.54) is 0 Å². The average molecular weight is 267 g/mol. The number of carboxylic acids is 1. The van der Waals surface area contributed by atoms with Crippen molar-refractivity contribution in [3.63, 3.8) is 0 Å². The van der Waals surface area contributed by atoms with E-state index in [1.807, 2.05) is 32.0 Å². The lowest BCUT2D eigenvalue weighted by molar-refractivity contribution is -0.139. The Hall–Kier alpha value is -1.75. The van der Waals surface area contributed by atoms with Crippen LogP contribution in [0.25, 0.3) is 0 Å². The molecule has 0 saturated heterocycles. The Morgan fingerprint density at radius 1 is 1.37 bits per heavy atom. The third kappa shape index (κ3) is 4.44. The molecule has 0 heterocycles. The molecule has 0 spiro atoms. The smallest absolute Gasteiger partial charge is 0.320 e. The first-order valence-corrected chi connectivity index (χ1v) is 6.38. The zero-order chi connectivity index (χ0) is 14.3. The van der Waals surface area contributed by atoms with Gasteiger partial charge in [-0.1, -0.05) is 13.0 Å². The predicted molar refractivity (Wildman–Crippen MR) is 72.7 cm³/mol. The van der Waals surface area contributed by atoms with Gasteiger partial charge in [0, 0.05) is 6.54 Å². The number of carboxylic acid groups (broad SMARTS) is 1. The predicted octanol–water partition coefficient (Wildman–Crippen LogP) is 2.05. The Morgan fingerprint density at radius 3 is 2.63 bits per heavy atom. The lowest BCUT2D eigenvalue weighted by Crippen LogP contribution is -2.35. The molecule has 0 aliphatic rings. The highest BCUT2D eigenvalue weighted by atomic mass is 16.5. The summed E-state index contributed by atoms with van der Waals surface area (Å²) in [5.41, 5.74) is 0.962. The number of nitrogens with one attached hydrogen (secondary N) is 1. The van der Waals surface area contributed by atoms with Crippen molar-refractivity contribution in [3.05, 3.63) is 23.8 Å². The minimum Gasteiger partial charge on any atom is -0.493 e. The zero-order valence-electron chi connectivity index (χ0n) is 11.6. The molecule has 0 aliphatic carbocycles. The maximum atomic E-state index is 10.9. The van der Waals surface area contributed by atoms with Crippen LogP contribution in [0.3, 0.4) is 0 Å². The van der Waals surface area contributed by atoms with Gasteiger partial charge >= 0.3 is 5.97 Å². The van der Waals surface area contributed by atoms with Crippen molar-refractivity contribution >= 4 is 5.97 Å². The number of hydrogen-bond acceptors (Lipinski definition) is 4. The number of rotatable bonds is 8. The Balaban J connectivity index is 2.73. The monoisotopic (exact) mass is 267 g/mol. The Labute approximate surface area is 113 Å². The highest BCUT2D eigenvalue weighted by Crippen LogP contribution is 2.28. The highest BCUT2D eigenvalue weighted by Gasteiger charge is 2.14. The highest BCUT2D eigenvalue weighted by molar-refractivity contribution is 5.73. The molecule has 0 saturated carbocycles. The minimum absolute atomic E-state index is 0.481. The summed E-state index contributed by atoms with van der Waals surface area (Å²) >= 11 is 0. The number of carbonyl (C=O) groups is 1. The van der Waals surface area contributed by atoms with Gasteiger partial charge in [0.25, 0.3) is 0 Å². The molecule has 0 bridgehead atoms. The number of aliphatic carboxylic acids is 1. The number of hydrogen-bond donors (Lipinski definition) is 2. The van der Waals surface area contributed by atoms with Crippen LogP contribution < -0.4 is 14.8 Å². The third-order valence-corrected chi connectivity index (χ3v) is 2.79. The SMILES string of the molecule is CCOc1cc(CNC(CC)C(=O)O)ccc1OC. The third-order valence-electron chi connectivity index (χ3n) is 2.79. The van der Waals surface area contributed by atoms with Crippen molar-refractivity contribution in [2.75, 3.05) is 13.7 Å². The number of ether oxygens (including phenoxy) is 2. The standard InChI is InChI=1S/C14H21NO4/c1-4-11(14(16)17)15-9-10-6-7-12(18-3)13(8-10)19-5-2/h6-8,11,15H,4-5,9H2,1-3H3,(H,16,17). The lowest BCUT2D eigenvalue weighted by Gasteiger charge is -2.14. The summed E-state index contributed by atoms with van der Waals surface area (Å²) in [6.07, 6.45) is 0.545. The number of benzene rings is 1. The average Bonchev–Trinajstić information content (AvgIpc) is 2.40. The van der Waals surface area contributed by atoms with E-state index in [4.69, 9.17) is 14.6 Å². The van der Waals surface area contributed by atoms with Crippen LogP contribution in [0.1, 0.15) is 25.8 Å². The summed E-state index contributed by atoms with van der Waals surface area (Å²) in [6, 6.07) is 5.05. The van der Waals surface area contributed by atoms with E-state index >= 15 is 0 Å². The van der Waals surface area contributed by atoms with E-state index in [2.05, 4.69) is 5.32 Å². The Bertz CT molecular complexity index is 420. The molecule has 19 heavy (non-hydrogen) atoms. The van der Waals surface area contributed by atoms with Crippen LogP contribution in [-0.4, -0.2) is 30.8 Å². The molecule has 0 aliphatic heterocycles. The van der Waals surface area contributed by atoms with Gasteiger partial charge < -0.3 is 19.9 Å². The first-order chi connectivity index (χ1) is 9.12. The van der Waals surface area contributed by atoms with Crippen LogP contribution in [0.4, 0.5) is 0 Å². The molecule has 1 unspecified atom stereocenters. The summed E-state index contributed by atoms with van der Waals surface area (Å²) in [6.45, 7) is 4.78. The minimum atomic E-state index is -0.832. The molecule has 0 radical (unpaired) electrons. The Kier molecular flexibility index (Phi) is 6.15. The molecule has 106 valence electrons. The van der Waals surface area contributed by atoms with Crippen molar-refractivity contribution in [2.45, 2.75) is 32.9 Å². The van der Waals surface area contributed by atoms with Crippen LogP contribution in [0.5, 0.6) is 11.5 Å². The van der Waals surface area contributed by atoms with E-state index in [9.17, 15) is 4.79 Å². The molecule has 5 heteroatoms. The van der Waals surface area contributed by atoms with Crippen molar-refractivity contribution in [1.82, 2.24) is 5.32 Å². The van der Waals surface area contributed by atoms with E-state index in [0.29, 0.717) is 31.1 Å². The first kappa shape index (κ1) is 15.3. The second-order valence-corrected chi connectivity index (χ2v) is 4.10. The van der Waals surface area contributed by atoms with Gasteiger partial charge in [-0.25, -0.2) is 0 Å². The summed E-state index contributed by atoms with van der Waals surface area (Å²) in [7, 11) is 1.59. The normalized spacial score (nSPS) is 11.9. The molecule has 1 aromatic carbocycles. The number of methoxy groups -OCH3 is 1. The van der Waals surface area contributed by atoms with Crippen LogP contribution in [0.2, 0.25) is 0 Å². The van der Waals surface area contributed by atoms with E-state index in [0.717, 1.165) is 5.56 Å². The van der Waals surface area contributed by atoms with Crippen molar-refractivity contribution in [3.8, 4) is 11.5 Å². The molecular weight excluding hydrogens is 246 g/mol. The maximum absolute atomic E-state index is 10.9. The molecule has 1 atom stereocenters. The summed E-state index contributed by atoms with van der Waals surface area (Å²) in [5, 5.41) is 12.0. The second-order valence-electron chi connectivity index (χ2n) is 4.10. The van der Waals surface area contributed by atoms with Crippen LogP contribution >= 0.6 is 0 Å². The largest absolute Gasteiger partial charge is 0.493 e. The summed E-state index contributed by atoms with van der Waals surface area (Å²) < 4.78 is 10.7. The molecule has 1 aromatic rings. The van der Waals surface area contributed by atoms with E-state index in [-0.39, 0.29) is 0 Å². The van der Waals surface area contributed by atoms with E-state index < -0.39 is 12.0 Å². The molecule has 0 aromatic heterocycles. The first-order valence-electron chi connectivity index (χ1n) is 6.38. The van der Waals surface area contributed by atoms with Crippen molar-refractivity contribution in [2.24, 2.45) is 0 Å². The van der Waals surface area contributed by atoms with Crippen LogP contribution in [0, 0.1) is 0 Å². The second kappa shape index (κ2) is 7.63. The molecule has 0 amide bonds. The van der Waals surface area contributed by atoms with Gasteiger partial charge in [0.05, 0.1) is 13.7 Å². The van der Waals surface area contributed by atoms with Crippen molar-refractivity contribution in [1.29, 1.82) is 0 Å². The van der Waals surface area contributed by atoms with Gasteiger partial charge in [0.1, 0.15) is 6.04 Å². The maximum Gasteiger partial charge on any atom is 0.320 e. The van der Waals surface area contributed by atoms with Gasteiger partial charge in [0.15, 0.2) is 11.5 Å². The molecule has 1 rings (SSSR count). The topological polar surface area (TPSA) is 67.8 Å². The summed E-state index contributed by atoms with van der Waals surface area (Å²) in [5.74, 6) is 0.518. The van der Waals surface area contributed by atoms with Gasteiger partial charge in [-0.15, -0.1) is 0 Å². The van der Waals surface area contributed by atoms with E-state index in [1.54, 1.807) is 7.11 Å². The summed E-state index contributed by atoms with van der Waals surface area (Å²) in [4.78, 5) is 10.9. The van der Waals surface area contributed by atoms with Gasteiger partial charge in [-0.05, 0) is 31.0 Å². The zero-order valence-corrected chi connectivity index (χ0v) is 11.6. The van der Waals surface area contributed by atoms with Gasteiger partial charge in [-0.2, -0.15) is 0 Å². The van der Waals surface area contributed by atoms with Gasteiger partial charge in [-0.3, -0.25) is 4.79 Å². The fourth-order valence-electron chi connectivity index (χ4n) is 1.75. The van der Waals surface area contributed by atoms with Crippen LogP contribution in [0.15, 0.2) is 18.2 Å². The Morgan fingerprint density at radius 2 is 2.11 bits per heavy atom. The molecule has 0 fully saturated rings. The lowest BCUT2D eigenvalue weighted by atomic mass is 10.1. The van der Waals surface area contributed by atoms with Crippen molar-refractivity contribution < 1.29 is 19.4 Å². The molecule has 2 N–H and O–H groups in total. The fraction of sp³-hybridized carbons (Fsp3) is 0.500. The van der Waals surface area contributed by atoms with Gasteiger partial charge in [0.2, 0.25) is 0 Å². The molecule has 5 nitrogen and oxygen atoms in total.